The maximum Gasteiger partial charge on any atom is 0.243 e. The number of nitrogens with zero attached hydrogens (tertiary/aromatic N) is 1. The van der Waals surface area contributed by atoms with Gasteiger partial charge in [0.15, 0.2) is 0 Å². The number of aliphatic hydroxyl groups excluding tert-OH is 1. The van der Waals surface area contributed by atoms with Gasteiger partial charge in [0.25, 0.3) is 0 Å². The molecule has 204 valence electrons. The van der Waals surface area contributed by atoms with Crippen LogP contribution in [0.15, 0.2) is 59.5 Å². The quantitative estimate of drug-likeness (QED) is 0.366. The number of amides is 2. The highest BCUT2D eigenvalue weighted by atomic mass is 32.2. The third-order valence-electron chi connectivity index (χ3n) is 6.82. The van der Waals surface area contributed by atoms with Crippen molar-refractivity contribution in [3.8, 4) is 0 Å². The summed E-state index contributed by atoms with van der Waals surface area (Å²) in [4.78, 5) is 25.2. The first-order valence-electron chi connectivity index (χ1n) is 12.5. The van der Waals surface area contributed by atoms with E-state index in [2.05, 4.69) is 5.32 Å². The van der Waals surface area contributed by atoms with E-state index in [1.807, 2.05) is 51.1 Å². The van der Waals surface area contributed by atoms with Crippen molar-refractivity contribution in [1.29, 1.82) is 0 Å². The molecule has 0 radical (unpaired) electrons. The number of benzene rings is 2. The second kappa shape index (κ2) is 12.7. The second-order valence-corrected chi connectivity index (χ2v) is 12.6. The van der Waals surface area contributed by atoms with E-state index in [-0.39, 0.29) is 30.3 Å². The van der Waals surface area contributed by atoms with Gasteiger partial charge in [0.2, 0.25) is 21.8 Å². The number of carbonyl (C=O) groups is 2. The molecule has 2 rings (SSSR count). The Morgan fingerprint density at radius 2 is 1.57 bits per heavy atom. The highest BCUT2D eigenvalue weighted by Crippen LogP contribution is 2.27. The molecule has 4 N–H and O–H groups in total. The molecule has 0 aromatic heterocycles. The summed E-state index contributed by atoms with van der Waals surface area (Å²) in [5.74, 6) is -1.81. The molecule has 0 aliphatic heterocycles. The Morgan fingerprint density at radius 3 is 2.08 bits per heavy atom. The summed E-state index contributed by atoms with van der Waals surface area (Å²) in [6.07, 6.45) is -0.940. The number of carbonyl (C=O) groups excluding carboxylic acids is 2. The fourth-order valence-corrected chi connectivity index (χ4v) is 5.49. The number of nitrogens with two attached hydrogens (primary N) is 1. The van der Waals surface area contributed by atoms with E-state index in [4.69, 9.17) is 5.73 Å². The van der Waals surface area contributed by atoms with E-state index in [9.17, 15) is 23.1 Å². The Labute approximate surface area is 221 Å². The average molecular weight is 532 g/mol. The molecule has 0 saturated carbocycles. The molecular formula is C28H41N3O5S. The molecule has 8 nitrogen and oxygen atoms in total. The number of aryl methyl sites for hydroxylation is 1. The molecule has 0 heterocycles. The lowest BCUT2D eigenvalue weighted by atomic mass is 9.78. The maximum atomic E-state index is 13.5. The van der Waals surface area contributed by atoms with Gasteiger partial charge >= 0.3 is 0 Å². The van der Waals surface area contributed by atoms with Crippen LogP contribution in [-0.4, -0.2) is 54.9 Å². The molecule has 3 unspecified atom stereocenters. The van der Waals surface area contributed by atoms with E-state index in [1.165, 1.54) is 4.31 Å². The van der Waals surface area contributed by atoms with E-state index < -0.39 is 45.3 Å². The molecular weight excluding hydrogens is 490 g/mol. The first kappa shape index (κ1) is 30.5. The van der Waals surface area contributed by atoms with Crippen molar-refractivity contribution in [2.45, 2.75) is 65.0 Å². The van der Waals surface area contributed by atoms with Crippen LogP contribution in [0.25, 0.3) is 0 Å². The third kappa shape index (κ3) is 8.12. The lowest BCUT2D eigenvalue weighted by Gasteiger charge is -2.33. The van der Waals surface area contributed by atoms with Crippen molar-refractivity contribution >= 4 is 21.8 Å². The summed E-state index contributed by atoms with van der Waals surface area (Å²) in [7, 11) is -3.89. The number of hydrogen-bond acceptors (Lipinski definition) is 5. The monoisotopic (exact) mass is 531 g/mol. The third-order valence-corrected chi connectivity index (χ3v) is 8.67. The predicted octanol–water partition coefficient (Wildman–Crippen LogP) is 2.88. The van der Waals surface area contributed by atoms with Crippen molar-refractivity contribution in [2.24, 2.45) is 23.0 Å². The van der Waals surface area contributed by atoms with Gasteiger partial charge in [-0.15, -0.1) is 0 Å². The van der Waals surface area contributed by atoms with Crippen LogP contribution >= 0.6 is 0 Å². The normalized spacial score (nSPS) is 14.8. The maximum absolute atomic E-state index is 13.5. The Balaban J connectivity index is 2.37. The number of hydrogen-bond donors (Lipinski definition) is 3. The fraction of sp³-hybridized carbons (Fsp3) is 0.500. The Hall–Kier alpha value is -2.75. The molecule has 9 heteroatoms. The van der Waals surface area contributed by atoms with Gasteiger partial charge in [-0.25, -0.2) is 8.42 Å². The molecule has 0 spiro atoms. The van der Waals surface area contributed by atoms with Gasteiger partial charge in [-0.2, -0.15) is 4.31 Å². The van der Waals surface area contributed by atoms with Gasteiger partial charge in [0, 0.05) is 19.0 Å². The molecule has 0 aliphatic rings. The van der Waals surface area contributed by atoms with Crippen LogP contribution in [0.3, 0.4) is 0 Å². The standard InChI is InChI=1S/C28H41N3O5S/c1-19(2)17-31(37(35,36)23-14-12-20(3)13-15-23)18-25(32)24(16-22-10-8-7-9-11-22)30-26(33)21(4)28(5,6)27(29)34/h7-15,19,21,24-25,32H,16-18H2,1-6H3,(H2,29,34)(H,30,33). The Bertz CT molecular complexity index is 1150. The van der Waals surface area contributed by atoms with Crippen LogP contribution in [-0.2, 0) is 26.0 Å². The van der Waals surface area contributed by atoms with Gasteiger partial charge in [0.05, 0.1) is 22.5 Å². The summed E-state index contributed by atoms with van der Waals surface area (Å²) in [6.45, 7) is 10.5. The first-order valence-corrected chi connectivity index (χ1v) is 14.0. The number of nitrogens with one attached hydrogen (secondary N) is 1. The predicted molar refractivity (Wildman–Crippen MR) is 145 cm³/mol. The number of sulfonamides is 1. The summed E-state index contributed by atoms with van der Waals surface area (Å²) >= 11 is 0. The zero-order chi connectivity index (χ0) is 28.0. The van der Waals surface area contributed by atoms with Crippen LogP contribution in [0.1, 0.15) is 45.7 Å². The van der Waals surface area contributed by atoms with Crippen LogP contribution in [0, 0.1) is 24.2 Å². The van der Waals surface area contributed by atoms with Crippen molar-refractivity contribution in [3.63, 3.8) is 0 Å². The van der Waals surface area contributed by atoms with Crippen LogP contribution in [0.4, 0.5) is 0 Å². The molecule has 2 aromatic rings. The molecule has 37 heavy (non-hydrogen) atoms. The second-order valence-electron chi connectivity index (χ2n) is 10.7. The van der Waals surface area contributed by atoms with E-state index >= 15 is 0 Å². The minimum Gasteiger partial charge on any atom is -0.390 e. The minimum absolute atomic E-state index is 0.00553. The lowest BCUT2D eigenvalue weighted by Crippen LogP contribution is -2.54. The Morgan fingerprint density at radius 1 is 1.00 bits per heavy atom. The fourth-order valence-electron chi connectivity index (χ4n) is 3.87. The molecule has 0 bridgehead atoms. The van der Waals surface area contributed by atoms with Crippen LogP contribution < -0.4 is 11.1 Å². The molecule has 2 aromatic carbocycles. The smallest absolute Gasteiger partial charge is 0.243 e. The van der Waals surface area contributed by atoms with Gasteiger partial charge in [0.1, 0.15) is 0 Å². The van der Waals surface area contributed by atoms with Crippen LogP contribution in [0.5, 0.6) is 0 Å². The zero-order valence-electron chi connectivity index (χ0n) is 22.6. The summed E-state index contributed by atoms with van der Waals surface area (Å²) in [6, 6.07) is 15.1. The van der Waals surface area contributed by atoms with Gasteiger partial charge in [-0.05, 0) is 37.0 Å². The summed E-state index contributed by atoms with van der Waals surface area (Å²) in [5.41, 5.74) is 6.20. The number of aliphatic hydroxyl groups is 1. The largest absolute Gasteiger partial charge is 0.390 e. The van der Waals surface area contributed by atoms with Crippen molar-refractivity contribution in [1.82, 2.24) is 9.62 Å². The number of rotatable bonds is 13. The highest BCUT2D eigenvalue weighted by Gasteiger charge is 2.38. The average Bonchev–Trinajstić information content (AvgIpc) is 2.83. The van der Waals surface area contributed by atoms with Crippen LogP contribution in [0.2, 0.25) is 0 Å². The first-order chi connectivity index (χ1) is 17.2. The molecule has 3 atom stereocenters. The van der Waals surface area contributed by atoms with E-state index in [0.29, 0.717) is 0 Å². The zero-order valence-corrected chi connectivity index (χ0v) is 23.5. The van der Waals surface area contributed by atoms with Crippen molar-refractivity contribution < 1.29 is 23.1 Å². The van der Waals surface area contributed by atoms with E-state index in [0.717, 1.165) is 11.1 Å². The van der Waals surface area contributed by atoms with Gasteiger partial charge < -0.3 is 16.2 Å². The summed E-state index contributed by atoms with van der Waals surface area (Å²) in [5, 5.41) is 14.2. The Kier molecular flexibility index (Phi) is 10.4. The molecule has 0 aliphatic carbocycles. The van der Waals surface area contributed by atoms with Gasteiger partial charge in [-0.3, -0.25) is 9.59 Å². The SMILES string of the molecule is Cc1ccc(S(=O)(=O)N(CC(C)C)CC(O)C(Cc2ccccc2)NC(=O)C(C)C(C)(C)C(N)=O)cc1. The molecule has 0 saturated heterocycles. The summed E-state index contributed by atoms with van der Waals surface area (Å²) < 4.78 is 28.3. The van der Waals surface area contributed by atoms with Crippen molar-refractivity contribution in [3.05, 3.63) is 65.7 Å². The molecule has 0 fully saturated rings. The lowest BCUT2D eigenvalue weighted by molar-refractivity contribution is -0.138. The van der Waals surface area contributed by atoms with Gasteiger partial charge in [-0.1, -0.05) is 82.6 Å². The topological polar surface area (TPSA) is 130 Å². The number of primary amides is 1. The van der Waals surface area contributed by atoms with E-state index in [1.54, 1.807) is 45.0 Å². The minimum atomic E-state index is -3.89. The molecule has 2 amide bonds. The highest BCUT2D eigenvalue weighted by molar-refractivity contribution is 7.89. The van der Waals surface area contributed by atoms with Crippen molar-refractivity contribution in [2.75, 3.05) is 13.1 Å².